The van der Waals surface area contributed by atoms with Gasteiger partial charge < -0.3 is 14.7 Å². The predicted octanol–water partition coefficient (Wildman–Crippen LogP) is 4.22. The summed E-state index contributed by atoms with van der Waals surface area (Å²) in [6.07, 6.45) is 1.44. The number of furan rings is 1. The van der Waals surface area contributed by atoms with Crippen LogP contribution in [0.3, 0.4) is 0 Å². The molecule has 1 aromatic carbocycles. The number of aromatic nitrogens is 1. The van der Waals surface area contributed by atoms with E-state index in [1.54, 1.807) is 6.07 Å². The van der Waals surface area contributed by atoms with Crippen molar-refractivity contribution in [1.82, 2.24) is 5.16 Å². The molecule has 2 aromatic heterocycles. The lowest BCUT2D eigenvalue weighted by molar-refractivity contribution is 0.434. The summed E-state index contributed by atoms with van der Waals surface area (Å²) in [5, 5.41) is 3.64. The summed E-state index contributed by atoms with van der Waals surface area (Å²) in [7, 11) is 0. The first-order valence-electron chi connectivity index (χ1n) is 5.51. The van der Waals surface area contributed by atoms with Gasteiger partial charge in [0, 0.05) is 6.07 Å². The number of halogens is 3. The third-order valence-corrected chi connectivity index (χ3v) is 3.35. The van der Waals surface area contributed by atoms with Crippen LogP contribution in [0.15, 0.2) is 44.1 Å². The van der Waals surface area contributed by atoms with E-state index in [4.69, 9.17) is 14.7 Å². The molecule has 0 fully saturated rings. The molecule has 102 valence electrons. The fraction of sp³-hybridized carbons (Fsp3) is 0. The van der Waals surface area contributed by atoms with Crippen LogP contribution in [0.5, 0.6) is 0 Å². The Kier molecular flexibility index (Phi) is 3.06. The van der Waals surface area contributed by atoms with Crippen molar-refractivity contribution < 1.29 is 17.7 Å². The number of hydrogen-bond donors (Lipinski definition) is 1. The Morgan fingerprint density at radius 3 is 2.45 bits per heavy atom. The second-order valence-electron chi connectivity index (χ2n) is 4.04. The van der Waals surface area contributed by atoms with E-state index in [-0.39, 0.29) is 17.1 Å². The normalized spacial score (nSPS) is 10.9. The Bertz CT molecular complexity index is 762. The molecule has 2 N–H and O–H groups in total. The first-order valence-corrected chi connectivity index (χ1v) is 6.30. The number of nitrogens with two attached hydrogens (primary N) is 1. The summed E-state index contributed by atoms with van der Waals surface area (Å²) in [5.74, 6) is -1.11. The lowest BCUT2D eigenvalue weighted by atomic mass is 10.0. The van der Waals surface area contributed by atoms with E-state index in [9.17, 15) is 8.78 Å². The molecule has 4 nitrogen and oxygen atoms in total. The number of hydrogen-bond acceptors (Lipinski definition) is 4. The molecule has 0 aliphatic carbocycles. The maximum absolute atomic E-state index is 13.3. The zero-order valence-corrected chi connectivity index (χ0v) is 11.4. The van der Waals surface area contributed by atoms with Gasteiger partial charge in [0.1, 0.15) is 11.6 Å². The average molecular weight is 341 g/mol. The lowest BCUT2D eigenvalue weighted by Crippen LogP contribution is -1.90. The van der Waals surface area contributed by atoms with Crippen LogP contribution in [0.4, 0.5) is 14.6 Å². The minimum atomic E-state index is -0.710. The van der Waals surface area contributed by atoms with E-state index in [2.05, 4.69) is 21.1 Å². The molecule has 0 spiro atoms. The van der Waals surface area contributed by atoms with Crippen LogP contribution in [0.25, 0.3) is 22.5 Å². The summed E-state index contributed by atoms with van der Waals surface area (Å²) < 4.78 is 37.4. The minimum Gasteiger partial charge on any atom is -0.457 e. The number of rotatable bonds is 2. The summed E-state index contributed by atoms with van der Waals surface area (Å²) >= 11 is 3.20. The van der Waals surface area contributed by atoms with Gasteiger partial charge in [-0.1, -0.05) is 5.16 Å². The minimum absolute atomic E-state index is 0.0399. The largest absolute Gasteiger partial charge is 0.457 e. The molecule has 0 atom stereocenters. The Hall–Kier alpha value is -2.15. The van der Waals surface area contributed by atoms with Gasteiger partial charge in [-0.25, -0.2) is 8.78 Å². The third kappa shape index (κ3) is 2.09. The number of anilines is 1. The number of nitrogen functional groups attached to an aromatic ring is 1. The Balaban J connectivity index is 2.24. The van der Waals surface area contributed by atoms with E-state index in [1.807, 2.05) is 0 Å². The Morgan fingerprint density at radius 2 is 1.85 bits per heavy atom. The highest BCUT2D eigenvalue weighted by atomic mass is 79.9. The number of nitrogens with zero attached hydrogens (tertiary/aromatic N) is 1. The molecule has 0 saturated heterocycles. The van der Waals surface area contributed by atoms with Crippen molar-refractivity contribution in [2.24, 2.45) is 0 Å². The highest BCUT2D eigenvalue weighted by Gasteiger charge is 2.21. The predicted molar refractivity (Wildman–Crippen MR) is 71.7 cm³/mol. The maximum atomic E-state index is 13.3. The van der Waals surface area contributed by atoms with Gasteiger partial charge in [-0.05, 0) is 39.7 Å². The molecule has 0 bridgehead atoms. The molecule has 0 aliphatic rings. The maximum Gasteiger partial charge on any atom is 0.181 e. The monoisotopic (exact) mass is 340 g/mol. The summed E-state index contributed by atoms with van der Waals surface area (Å²) in [6.45, 7) is 0. The van der Waals surface area contributed by atoms with Crippen LogP contribution >= 0.6 is 15.9 Å². The fourth-order valence-electron chi connectivity index (χ4n) is 1.92. The summed E-state index contributed by atoms with van der Waals surface area (Å²) in [6, 6.07) is 4.72. The van der Waals surface area contributed by atoms with Gasteiger partial charge in [0.15, 0.2) is 16.2 Å². The van der Waals surface area contributed by atoms with Crippen molar-refractivity contribution in [2.75, 3.05) is 5.73 Å². The van der Waals surface area contributed by atoms with Crippen molar-refractivity contribution >= 4 is 21.7 Å². The van der Waals surface area contributed by atoms with Gasteiger partial charge in [0.2, 0.25) is 0 Å². The van der Waals surface area contributed by atoms with Crippen LogP contribution in [0.2, 0.25) is 0 Å². The molecule has 20 heavy (non-hydrogen) atoms. The molecular weight excluding hydrogens is 334 g/mol. The first kappa shape index (κ1) is 12.9. The summed E-state index contributed by atoms with van der Waals surface area (Å²) in [4.78, 5) is 0. The molecular formula is C13H7BrF2N2O2. The Labute approximate surface area is 120 Å². The van der Waals surface area contributed by atoms with Gasteiger partial charge in [-0.3, -0.25) is 0 Å². The first-order chi connectivity index (χ1) is 9.56. The zero-order chi connectivity index (χ0) is 14.3. The standard InChI is InChI=1S/C13H7BrF2N2O2/c14-12-9(1-2-19-12)11-10(13(17)18-20-11)6-3-7(15)5-8(16)4-6/h1-5H,(H2,17,18). The van der Waals surface area contributed by atoms with Crippen LogP contribution in [-0.2, 0) is 0 Å². The van der Waals surface area contributed by atoms with Gasteiger partial charge >= 0.3 is 0 Å². The molecule has 0 amide bonds. The molecule has 2 heterocycles. The highest BCUT2D eigenvalue weighted by molar-refractivity contribution is 9.10. The average Bonchev–Trinajstić information content (AvgIpc) is 2.93. The molecule has 7 heteroatoms. The zero-order valence-electron chi connectivity index (χ0n) is 9.86. The van der Waals surface area contributed by atoms with Crippen LogP contribution in [0, 0.1) is 11.6 Å². The highest BCUT2D eigenvalue weighted by Crippen LogP contribution is 2.40. The molecule has 0 saturated carbocycles. The molecule has 0 radical (unpaired) electrons. The van der Waals surface area contributed by atoms with Crippen molar-refractivity contribution in [3.8, 4) is 22.5 Å². The van der Waals surface area contributed by atoms with Crippen molar-refractivity contribution in [2.45, 2.75) is 0 Å². The second kappa shape index (κ2) is 4.75. The van der Waals surface area contributed by atoms with Crippen LogP contribution in [0.1, 0.15) is 0 Å². The molecule has 0 unspecified atom stereocenters. The Morgan fingerprint density at radius 1 is 1.15 bits per heavy atom. The number of benzene rings is 1. The molecule has 0 aliphatic heterocycles. The summed E-state index contributed by atoms with van der Waals surface area (Å²) in [5.41, 5.74) is 6.83. The van der Waals surface area contributed by atoms with E-state index < -0.39 is 11.6 Å². The quantitative estimate of drug-likeness (QED) is 0.758. The van der Waals surface area contributed by atoms with E-state index >= 15 is 0 Å². The van der Waals surface area contributed by atoms with Crippen LogP contribution < -0.4 is 5.73 Å². The van der Waals surface area contributed by atoms with E-state index in [1.165, 1.54) is 6.26 Å². The fourth-order valence-corrected chi connectivity index (χ4v) is 2.34. The van der Waals surface area contributed by atoms with Gasteiger partial charge in [0.05, 0.1) is 17.4 Å². The third-order valence-electron chi connectivity index (χ3n) is 2.73. The van der Waals surface area contributed by atoms with Gasteiger partial charge in [0.25, 0.3) is 0 Å². The smallest absolute Gasteiger partial charge is 0.181 e. The topological polar surface area (TPSA) is 65.2 Å². The molecule has 3 aromatic rings. The van der Waals surface area contributed by atoms with Crippen molar-refractivity contribution in [3.63, 3.8) is 0 Å². The van der Waals surface area contributed by atoms with Gasteiger partial charge in [-0.2, -0.15) is 0 Å². The van der Waals surface area contributed by atoms with E-state index in [0.29, 0.717) is 15.8 Å². The molecule has 3 rings (SSSR count). The van der Waals surface area contributed by atoms with Crippen molar-refractivity contribution in [1.29, 1.82) is 0 Å². The SMILES string of the molecule is Nc1noc(-c2ccoc2Br)c1-c1cc(F)cc(F)c1. The lowest BCUT2D eigenvalue weighted by Gasteiger charge is -2.02. The van der Waals surface area contributed by atoms with Crippen molar-refractivity contribution in [3.05, 3.63) is 46.8 Å². The van der Waals surface area contributed by atoms with E-state index in [0.717, 1.165) is 18.2 Å². The second-order valence-corrected chi connectivity index (χ2v) is 4.76. The van der Waals surface area contributed by atoms with Crippen LogP contribution in [-0.4, -0.2) is 5.16 Å². The van der Waals surface area contributed by atoms with Gasteiger partial charge in [-0.15, -0.1) is 0 Å².